The first-order valence-corrected chi connectivity index (χ1v) is 7.02. The Morgan fingerprint density at radius 1 is 1.14 bits per heavy atom. The topological polar surface area (TPSA) is 71.2 Å². The average molecular weight is 302 g/mol. The summed E-state index contributed by atoms with van der Waals surface area (Å²) in [4.78, 5) is 15.3. The first kappa shape index (κ1) is 14.2. The van der Waals surface area contributed by atoms with E-state index in [4.69, 9.17) is 5.73 Å². The van der Waals surface area contributed by atoms with E-state index in [9.17, 15) is 13.2 Å². The lowest BCUT2D eigenvalue weighted by atomic mass is 10.4. The van der Waals surface area contributed by atoms with Gasteiger partial charge < -0.3 is 15.5 Å². The Morgan fingerprint density at radius 3 is 2.38 bits per heavy atom. The third-order valence-electron chi connectivity index (χ3n) is 3.61. The van der Waals surface area contributed by atoms with Crippen LogP contribution in [0.4, 0.5) is 31.0 Å². The van der Waals surface area contributed by atoms with Crippen LogP contribution < -0.4 is 15.5 Å². The number of anilines is 3. The lowest BCUT2D eigenvalue weighted by molar-refractivity contribution is -0.120. The normalized spacial score (nSPS) is 19.1. The Balaban J connectivity index is 1.88. The zero-order valence-corrected chi connectivity index (χ0v) is 11.5. The number of alkyl halides is 3. The first-order valence-electron chi connectivity index (χ1n) is 7.02. The maximum Gasteiger partial charge on any atom is 0.406 e. The fourth-order valence-electron chi connectivity index (χ4n) is 2.50. The molecule has 21 heavy (non-hydrogen) atoms. The molecule has 0 aromatic carbocycles. The van der Waals surface area contributed by atoms with Crippen LogP contribution in [-0.2, 0) is 0 Å². The second-order valence-corrected chi connectivity index (χ2v) is 5.46. The SMILES string of the molecule is Nc1nc(N2CCCC2)nc(N(CC(F)(F)F)C2CC2)n1. The van der Waals surface area contributed by atoms with Crippen LogP contribution in [0.15, 0.2) is 0 Å². The van der Waals surface area contributed by atoms with Crippen LogP contribution in [-0.4, -0.2) is 46.8 Å². The van der Waals surface area contributed by atoms with Crippen molar-refractivity contribution in [1.29, 1.82) is 0 Å². The van der Waals surface area contributed by atoms with Gasteiger partial charge >= 0.3 is 6.18 Å². The van der Waals surface area contributed by atoms with E-state index in [-0.39, 0.29) is 17.9 Å². The minimum Gasteiger partial charge on any atom is -0.368 e. The quantitative estimate of drug-likeness (QED) is 0.910. The van der Waals surface area contributed by atoms with Crippen molar-refractivity contribution in [3.05, 3.63) is 0 Å². The smallest absolute Gasteiger partial charge is 0.368 e. The maximum atomic E-state index is 12.7. The molecule has 1 aromatic rings. The molecule has 0 radical (unpaired) electrons. The van der Waals surface area contributed by atoms with Crippen molar-refractivity contribution < 1.29 is 13.2 Å². The standard InChI is InChI=1S/C12H17F3N6/c13-12(14,15)7-21(8-3-4-8)11-18-9(16)17-10(19-11)20-5-1-2-6-20/h8H,1-7H2,(H2,16,17,18,19). The number of hydrogen-bond donors (Lipinski definition) is 1. The molecular weight excluding hydrogens is 285 g/mol. The summed E-state index contributed by atoms with van der Waals surface area (Å²) < 4.78 is 38.2. The van der Waals surface area contributed by atoms with E-state index in [1.54, 1.807) is 0 Å². The number of nitrogen functional groups attached to an aromatic ring is 1. The van der Waals surface area contributed by atoms with Gasteiger partial charge in [0.15, 0.2) is 0 Å². The highest BCUT2D eigenvalue weighted by molar-refractivity contribution is 5.45. The first-order chi connectivity index (χ1) is 9.92. The molecule has 0 unspecified atom stereocenters. The van der Waals surface area contributed by atoms with E-state index in [1.165, 1.54) is 4.90 Å². The molecule has 2 fully saturated rings. The molecule has 1 aromatic heterocycles. The van der Waals surface area contributed by atoms with Crippen molar-refractivity contribution in [2.75, 3.05) is 35.2 Å². The van der Waals surface area contributed by atoms with Crippen LogP contribution in [0.1, 0.15) is 25.7 Å². The van der Waals surface area contributed by atoms with E-state index in [1.807, 2.05) is 4.90 Å². The molecule has 3 rings (SSSR count). The third kappa shape index (κ3) is 3.45. The highest BCUT2D eigenvalue weighted by Gasteiger charge is 2.40. The summed E-state index contributed by atoms with van der Waals surface area (Å²) >= 11 is 0. The molecule has 1 aliphatic heterocycles. The summed E-state index contributed by atoms with van der Waals surface area (Å²) in [6, 6.07) is -0.153. The third-order valence-corrected chi connectivity index (χ3v) is 3.61. The van der Waals surface area contributed by atoms with Gasteiger partial charge in [0.25, 0.3) is 0 Å². The molecule has 1 saturated carbocycles. The zero-order chi connectivity index (χ0) is 15.0. The molecule has 1 saturated heterocycles. The molecule has 1 aliphatic carbocycles. The summed E-state index contributed by atoms with van der Waals surface area (Å²) in [5, 5.41) is 0. The van der Waals surface area contributed by atoms with Gasteiger partial charge in [0.1, 0.15) is 6.54 Å². The van der Waals surface area contributed by atoms with Gasteiger partial charge in [-0.25, -0.2) is 0 Å². The lowest BCUT2D eigenvalue weighted by Gasteiger charge is -2.25. The van der Waals surface area contributed by atoms with Crippen molar-refractivity contribution in [1.82, 2.24) is 15.0 Å². The van der Waals surface area contributed by atoms with Gasteiger partial charge in [0, 0.05) is 19.1 Å². The number of halogens is 3. The van der Waals surface area contributed by atoms with Crippen LogP contribution in [0, 0.1) is 0 Å². The van der Waals surface area contributed by atoms with Gasteiger partial charge in [-0.2, -0.15) is 28.1 Å². The van der Waals surface area contributed by atoms with Gasteiger partial charge in [0.2, 0.25) is 17.8 Å². The van der Waals surface area contributed by atoms with Crippen molar-refractivity contribution in [3.8, 4) is 0 Å². The molecule has 9 heteroatoms. The van der Waals surface area contributed by atoms with Gasteiger partial charge in [-0.3, -0.25) is 0 Å². The highest BCUT2D eigenvalue weighted by atomic mass is 19.4. The zero-order valence-electron chi connectivity index (χ0n) is 11.5. The molecule has 2 aliphatic rings. The van der Waals surface area contributed by atoms with Crippen molar-refractivity contribution >= 4 is 17.8 Å². The summed E-state index contributed by atoms with van der Waals surface area (Å²) in [5.41, 5.74) is 5.65. The van der Waals surface area contributed by atoms with Crippen LogP contribution in [0.25, 0.3) is 0 Å². The van der Waals surface area contributed by atoms with Gasteiger partial charge in [0.05, 0.1) is 0 Å². The Labute approximate surface area is 120 Å². The van der Waals surface area contributed by atoms with E-state index in [2.05, 4.69) is 15.0 Å². The Morgan fingerprint density at radius 2 is 1.81 bits per heavy atom. The van der Waals surface area contributed by atoms with Gasteiger partial charge in [-0.15, -0.1) is 0 Å². The molecule has 2 N–H and O–H groups in total. The van der Waals surface area contributed by atoms with E-state index >= 15 is 0 Å². The molecular formula is C12H17F3N6. The Kier molecular flexibility index (Phi) is 3.50. The Hall–Kier alpha value is -1.80. The largest absolute Gasteiger partial charge is 0.406 e. The molecule has 6 nitrogen and oxygen atoms in total. The van der Waals surface area contributed by atoms with Crippen molar-refractivity contribution in [2.24, 2.45) is 0 Å². The van der Waals surface area contributed by atoms with Crippen molar-refractivity contribution in [2.45, 2.75) is 37.9 Å². The minimum absolute atomic E-state index is 0.0317. The summed E-state index contributed by atoms with van der Waals surface area (Å²) in [6.45, 7) is 0.539. The fraction of sp³-hybridized carbons (Fsp3) is 0.750. The van der Waals surface area contributed by atoms with E-state index in [0.29, 0.717) is 5.95 Å². The molecule has 0 bridgehead atoms. The van der Waals surface area contributed by atoms with Gasteiger partial charge in [-0.05, 0) is 25.7 Å². The average Bonchev–Trinajstić information content (AvgIpc) is 3.08. The summed E-state index contributed by atoms with van der Waals surface area (Å²) in [6.07, 6.45) is -0.801. The van der Waals surface area contributed by atoms with Crippen LogP contribution in [0.2, 0.25) is 0 Å². The molecule has 0 atom stereocenters. The maximum absolute atomic E-state index is 12.7. The molecule has 0 amide bonds. The molecule has 116 valence electrons. The number of rotatable bonds is 4. The molecule has 0 spiro atoms. The predicted octanol–water partition coefficient (Wildman–Crippen LogP) is 1.59. The van der Waals surface area contributed by atoms with Crippen LogP contribution in [0.5, 0.6) is 0 Å². The summed E-state index contributed by atoms with van der Waals surface area (Å²) in [7, 11) is 0. The minimum atomic E-state index is -4.29. The van der Waals surface area contributed by atoms with E-state index < -0.39 is 12.7 Å². The number of aromatic nitrogens is 3. The number of nitrogens with two attached hydrogens (primary N) is 1. The lowest BCUT2D eigenvalue weighted by Crippen LogP contribution is -2.37. The molecule has 2 heterocycles. The monoisotopic (exact) mass is 302 g/mol. The number of hydrogen-bond acceptors (Lipinski definition) is 6. The predicted molar refractivity (Wildman–Crippen MR) is 72.1 cm³/mol. The van der Waals surface area contributed by atoms with E-state index in [0.717, 1.165) is 38.8 Å². The summed E-state index contributed by atoms with van der Waals surface area (Å²) in [5.74, 6) is 0.377. The number of nitrogens with zero attached hydrogens (tertiary/aromatic N) is 5. The second-order valence-electron chi connectivity index (χ2n) is 5.46. The Bertz CT molecular complexity index is 510. The second kappa shape index (κ2) is 5.19. The van der Waals surface area contributed by atoms with Gasteiger partial charge in [-0.1, -0.05) is 0 Å². The fourth-order valence-corrected chi connectivity index (χ4v) is 2.50. The van der Waals surface area contributed by atoms with Crippen LogP contribution >= 0.6 is 0 Å². The highest BCUT2D eigenvalue weighted by Crippen LogP contribution is 2.33. The van der Waals surface area contributed by atoms with Crippen LogP contribution in [0.3, 0.4) is 0 Å². The van der Waals surface area contributed by atoms with Crippen molar-refractivity contribution in [3.63, 3.8) is 0 Å².